The lowest BCUT2D eigenvalue weighted by Gasteiger charge is -2.34. The van der Waals surface area contributed by atoms with E-state index in [2.05, 4.69) is 19.2 Å². The Morgan fingerprint density at radius 3 is 2.67 bits per heavy atom. The second-order valence-corrected chi connectivity index (χ2v) is 5.56. The molecule has 2 atom stereocenters. The standard InChI is InChI=1S/C13H25N3O2/c1-9(2)7-12(14)13(18)16-6-4-5-11(8-16)15-10(3)17/h9,11-12H,4-8,14H2,1-3H3,(H,15,17)/t11?,12-/m1/s1. The molecule has 0 radical (unpaired) electrons. The van der Waals surface area contributed by atoms with Gasteiger partial charge in [0.05, 0.1) is 6.04 Å². The lowest BCUT2D eigenvalue weighted by Crippen LogP contribution is -2.53. The smallest absolute Gasteiger partial charge is 0.239 e. The fourth-order valence-corrected chi connectivity index (χ4v) is 2.43. The maximum atomic E-state index is 12.2. The van der Waals surface area contributed by atoms with Gasteiger partial charge in [-0.2, -0.15) is 0 Å². The van der Waals surface area contributed by atoms with Crippen molar-refractivity contribution in [3.05, 3.63) is 0 Å². The molecule has 0 aromatic carbocycles. The summed E-state index contributed by atoms with van der Waals surface area (Å²) in [5.74, 6) is 0.388. The first-order valence-electron chi connectivity index (χ1n) is 6.71. The zero-order valence-electron chi connectivity index (χ0n) is 11.6. The van der Waals surface area contributed by atoms with Gasteiger partial charge in [0.2, 0.25) is 11.8 Å². The molecule has 0 aromatic rings. The van der Waals surface area contributed by atoms with Crippen LogP contribution >= 0.6 is 0 Å². The molecular weight excluding hydrogens is 230 g/mol. The van der Waals surface area contributed by atoms with E-state index >= 15 is 0 Å². The highest BCUT2D eigenvalue weighted by Crippen LogP contribution is 2.13. The normalized spacial score (nSPS) is 21.8. The quantitative estimate of drug-likeness (QED) is 0.767. The highest BCUT2D eigenvalue weighted by atomic mass is 16.2. The average molecular weight is 255 g/mol. The largest absolute Gasteiger partial charge is 0.352 e. The molecule has 2 amide bonds. The number of carbonyl (C=O) groups excluding carboxylic acids is 2. The van der Waals surface area contributed by atoms with Gasteiger partial charge in [0.15, 0.2) is 0 Å². The molecular formula is C13H25N3O2. The van der Waals surface area contributed by atoms with Crippen molar-refractivity contribution in [1.82, 2.24) is 10.2 Å². The third kappa shape index (κ3) is 4.64. The second kappa shape index (κ2) is 6.73. The minimum absolute atomic E-state index is 0.0127. The van der Waals surface area contributed by atoms with E-state index in [-0.39, 0.29) is 17.9 Å². The molecule has 1 rings (SSSR count). The SMILES string of the molecule is CC(=O)NC1CCCN(C(=O)[C@H](N)CC(C)C)C1. The van der Waals surface area contributed by atoms with E-state index in [4.69, 9.17) is 5.73 Å². The summed E-state index contributed by atoms with van der Waals surface area (Å²) in [5, 5.41) is 2.87. The number of nitrogens with two attached hydrogens (primary N) is 1. The van der Waals surface area contributed by atoms with Crippen LogP contribution in [0.25, 0.3) is 0 Å². The first-order chi connectivity index (χ1) is 8.40. The van der Waals surface area contributed by atoms with Gasteiger partial charge in [-0.05, 0) is 25.2 Å². The number of carbonyl (C=O) groups is 2. The zero-order valence-corrected chi connectivity index (χ0v) is 11.6. The van der Waals surface area contributed by atoms with Crippen LogP contribution in [0.2, 0.25) is 0 Å². The molecule has 1 fully saturated rings. The summed E-state index contributed by atoms with van der Waals surface area (Å²) in [6.07, 6.45) is 2.56. The van der Waals surface area contributed by atoms with Gasteiger partial charge in [0, 0.05) is 26.1 Å². The third-order valence-electron chi connectivity index (χ3n) is 3.18. The van der Waals surface area contributed by atoms with Crippen LogP contribution in [0.15, 0.2) is 0 Å². The summed E-state index contributed by atoms with van der Waals surface area (Å²) in [4.78, 5) is 25.0. The van der Waals surface area contributed by atoms with Crippen LogP contribution in [0.5, 0.6) is 0 Å². The molecule has 0 spiro atoms. The third-order valence-corrected chi connectivity index (χ3v) is 3.18. The molecule has 1 unspecified atom stereocenters. The Balaban J connectivity index is 2.49. The Kier molecular flexibility index (Phi) is 5.59. The summed E-state index contributed by atoms with van der Waals surface area (Å²) in [6, 6.07) is -0.340. The van der Waals surface area contributed by atoms with E-state index in [0.29, 0.717) is 18.9 Å². The van der Waals surface area contributed by atoms with Gasteiger partial charge in [0.25, 0.3) is 0 Å². The molecule has 5 nitrogen and oxygen atoms in total. The Hall–Kier alpha value is -1.10. The summed E-state index contributed by atoms with van der Waals surface area (Å²) in [5.41, 5.74) is 5.92. The lowest BCUT2D eigenvalue weighted by atomic mass is 10.0. The van der Waals surface area contributed by atoms with Crippen LogP contribution < -0.4 is 11.1 Å². The Bertz CT molecular complexity index is 305. The molecule has 3 N–H and O–H groups in total. The molecule has 0 bridgehead atoms. The molecule has 18 heavy (non-hydrogen) atoms. The van der Waals surface area contributed by atoms with E-state index in [1.165, 1.54) is 6.92 Å². The molecule has 104 valence electrons. The number of hydrogen-bond acceptors (Lipinski definition) is 3. The number of piperidine rings is 1. The van der Waals surface area contributed by atoms with Gasteiger partial charge in [-0.25, -0.2) is 0 Å². The van der Waals surface area contributed by atoms with Gasteiger partial charge in [-0.3, -0.25) is 9.59 Å². The number of rotatable bonds is 4. The molecule has 5 heteroatoms. The molecule has 1 saturated heterocycles. The molecule has 1 aliphatic heterocycles. The maximum absolute atomic E-state index is 12.2. The minimum atomic E-state index is -0.416. The maximum Gasteiger partial charge on any atom is 0.239 e. The highest BCUT2D eigenvalue weighted by Gasteiger charge is 2.27. The minimum Gasteiger partial charge on any atom is -0.352 e. The van der Waals surface area contributed by atoms with E-state index in [9.17, 15) is 9.59 Å². The summed E-state index contributed by atoms with van der Waals surface area (Å²) >= 11 is 0. The van der Waals surface area contributed by atoms with Gasteiger partial charge in [-0.1, -0.05) is 13.8 Å². The van der Waals surface area contributed by atoms with Crippen molar-refractivity contribution >= 4 is 11.8 Å². The highest BCUT2D eigenvalue weighted by molar-refractivity contribution is 5.82. The molecule has 1 heterocycles. The van der Waals surface area contributed by atoms with E-state index < -0.39 is 6.04 Å². The van der Waals surface area contributed by atoms with Crippen molar-refractivity contribution < 1.29 is 9.59 Å². The first-order valence-corrected chi connectivity index (χ1v) is 6.71. The van der Waals surface area contributed by atoms with Crippen LogP contribution in [-0.2, 0) is 9.59 Å². The molecule has 0 aliphatic carbocycles. The van der Waals surface area contributed by atoms with Crippen molar-refractivity contribution in [2.75, 3.05) is 13.1 Å². The predicted octanol–water partition coefficient (Wildman–Crippen LogP) is 0.487. The number of amides is 2. The number of likely N-dealkylation sites (tertiary alicyclic amines) is 1. The van der Waals surface area contributed by atoms with E-state index in [0.717, 1.165) is 19.4 Å². The van der Waals surface area contributed by atoms with Crippen molar-refractivity contribution in [3.8, 4) is 0 Å². The van der Waals surface area contributed by atoms with Crippen LogP contribution in [0.3, 0.4) is 0 Å². The van der Waals surface area contributed by atoms with Gasteiger partial charge in [-0.15, -0.1) is 0 Å². The second-order valence-electron chi connectivity index (χ2n) is 5.56. The zero-order chi connectivity index (χ0) is 13.7. The Labute approximate surface area is 109 Å². The monoisotopic (exact) mass is 255 g/mol. The number of nitrogens with zero attached hydrogens (tertiary/aromatic N) is 1. The summed E-state index contributed by atoms with van der Waals surface area (Å²) < 4.78 is 0. The predicted molar refractivity (Wildman–Crippen MR) is 70.8 cm³/mol. The lowest BCUT2D eigenvalue weighted by molar-refractivity contribution is -0.135. The van der Waals surface area contributed by atoms with Crippen LogP contribution in [-0.4, -0.2) is 41.9 Å². The van der Waals surface area contributed by atoms with Crippen molar-refractivity contribution in [2.45, 2.75) is 52.1 Å². The Morgan fingerprint density at radius 1 is 1.44 bits per heavy atom. The molecule has 0 saturated carbocycles. The fraction of sp³-hybridized carbons (Fsp3) is 0.846. The van der Waals surface area contributed by atoms with Crippen molar-refractivity contribution in [2.24, 2.45) is 11.7 Å². The first kappa shape index (κ1) is 15.0. The van der Waals surface area contributed by atoms with E-state index in [1.807, 2.05) is 0 Å². The van der Waals surface area contributed by atoms with Crippen LogP contribution in [0.4, 0.5) is 0 Å². The number of hydrogen-bond donors (Lipinski definition) is 2. The summed E-state index contributed by atoms with van der Waals surface area (Å²) in [6.45, 7) is 6.96. The van der Waals surface area contributed by atoms with Crippen molar-refractivity contribution in [3.63, 3.8) is 0 Å². The average Bonchev–Trinajstić information content (AvgIpc) is 2.26. The van der Waals surface area contributed by atoms with Crippen LogP contribution in [0, 0.1) is 5.92 Å². The van der Waals surface area contributed by atoms with Gasteiger partial charge < -0.3 is 16.0 Å². The number of nitrogens with one attached hydrogen (secondary N) is 1. The molecule has 0 aromatic heterocycles. The van der Waals surface area contributed by atoms with Crippen molar-refractivity contribution in [1.29, 1.82) is 0 Å². The van der Waals surface area contributed by atoms with E-state index in [1.54, 1.807) is 4.90 Å². The fourth-order valence-electron chi connectivity index (χ4n) is 2.43. The van der Waals surface area contributed by atoms with Gasteiger partial charge in [0.1, 0.15) is 0 Å². The topological polar surface area (TPSA) is 75.4 Å². The van der Waals surface area contributed by atoms with Crippen LogP contribution in [0.1, 0.15) is 40.0 Å². The summed E-state index contributed by atoms with van der Waals surface area (Å²) in [7, 11) is 0. The van der Waals surface area contributed by atoms with Gasteiger partial charge >= 0.3 is 0 Å². The molecule has 1 aliphatic rings. The Morgan fingerprint density at radius 2 is 2.11 bits per heavy atom.